The highest BCUT2D eigenvalue weighted by molar-refractivity contribution is 5.83. The van der Waals surface area contributed by atoms with Crippen LogP contribution in [0.25, 0.3) is 0 Å². The summed E-state index contributed by atoms with van der Waals surface area (Å²) >= 11 is 0. The SMILES string of the molecule is CC.CCC(=O)NCCOCCC(C)(C)OCCC(C)(C)C(=O)CC.O. The maximum Gasteiger partial charge on any atom is 0.219 e. The van der Waals surface area contributed by atoms with Crippen molar-refractivity contribution in [2.24, 2.45) is 5.41 Å². The maximum atomic E-state index is 11.8. The summed E-state index contributed by atoms with van der Waals surface area (Å²) in [4.78, 5) is 22.9. The summed E-state index contributed by atoms with van der Waals surface area (Å²) in [5.74, 6) is 0.317. The summed E-state index contributed by atoms with van der Waals surface area (Å²) in [7, 11) is 0. The number of ketones is 1. The quantitative estimate of drug-likeness (QED) is 0.498. The Balaban J connectivity index is -0.00000170. The molecule has 0 aromatic carbocycles. The molecule has 0 rings (SSSR count). The van der Waals surface area contributed by atoms with E-state index in [4.69, 9.17) is 9.47 Å². The molecule has 0 aliphatic heterocycles. The highest BCUT2D eigenvalue weighted by Gasteiger charge is 2.27. The fourth-order valence-electron chi connectivity index (χ4n) is 2.08. The summed E-state index contributed by atoms with van der Waals surface area (Å²) in [5, 5.41) is 2.77. The molecule has 0 fully saturated rings. The molecule has 0 atom stereocenters. The number of hydrogen-bond donors (Lipinski definition) is 1. The van der Waals surface area contributed by atoms with Crippen molar-refractivity contribution in [3.63, 3.8) is 0 Å². The Morgan fingerprint density at radius 3 is 1.96 bits per heavy atom. The van der Waals surface area contributed by atoms with Gasteiger partial charge in [0.2, 0.25) is 5.91 Å². The van der Waals surface area contributed by atoms with Crippen LogP contribution in [0.2, 0.25) is 0 Å². The van der Waals surface area contributed by atoms with E-state index in [9.17, 15) is 9.59 Å². The van der Waals surface area contributed by atoms with E-state index in [1.54, 1.807) is 0 Å². The lowest BCUT2D eigenvalue weighted by Gasteiger charge is -2.28. The van der Waals surface area contributed by atoms with Crippen LogP contribution < -0.4 is 5.32 Å². The summed E-state index contributed by atoms with van der Waals surface area (Å²) in [5.41, 5.74) is -0.600. The Morgan fingerprint density at radius 1 is 0.885 bits per heavy atom. The summed E-state index contributed by atoms with van der Waals surface area (Å²) in [6.45, 7) is 18.0. The molecule has 3 N–H and O–H groups in total. The lowest BCUT2D eigenvalue weighted by molar-refractivity contribution is -0.129. The summed E-state index contributed by atoms with van der Waals surface area (Å²) < 4.78 is 11.4. The number of carbonyl (C=O) groups is 2. The second-order valence-electron chi connectivity index (χ2n) is 7.08. The lowest BCUT2D eigenvalue weighted by atomic mass is 9.83. The fourth-order valence-corrected chi connectivity index (χ4v) is 2.08. The maximum absolute atomic E-state index is 11.8. The second-order valence-corrected chi connectivity index (χ2v) is 7.08. The first-order valence-electron chi connectivity index (χ1n) is 9.66. The summed E-state index contributed by atoms with van der Waals surface area (Å²) in [6, 6.07) is 0. The van der Waals surface area contributed by atoms with Gasteiger partial charge in [-0.2, -0.15) is 0 Å². The number of rotatable bonds is 13. The highest BCUT2D eigenvalue weighted by atomic mass is 16.5. The molecule has 26 heavy (non-hydrogen) atoms. The molecule has 0 saturated heterocycles. The zero-order valence-corrected chi connectivity index (χ0v) is 18.3. The number of carbonyl (C=O) groups excluding carboxylic acids is 2. The second kappa shape index (κ2) is 16.2. The van der Waals surface area contributed by atoms with E-state index in [2.05, 4.69) is 5.32 Å². The molecule has 0 spiro atoms. The highest BCUT2D eigenvalue weighted by Crippen LogP contribution is 2.25. The first-order chi connectivity index (χ1) is 11.6. The molecule has 0 radical (unpaired) electrons. The van der Waals surface area contributed by atoms with Gasteiger partial charge >= 0.3 is 0 Å². The fraction of sp³-hybridized carbons (Fsp3) is 0.900. The Bertz CT molecular complexity index is 367. The van der Waals surface area contributed by atoms with Gasteiger partial charge in [0, 0.05) is 38.0 Å². The molecule has 1 amide bonds. The van der Waals surface area contributed by atoms with Gasteiger partial charge in [-0.3, -0.25) is 9.59 Å². The van der Waals surface area contributed by atoms with E-state index in [0.29, 0.717) is 39.2 Å². The van der Waals surface area contributed by atoms with Crippen molar-refractivity contribution in [1.29, 1.82) is 0 Å². The Labute approximate surface area is 160 Å². The molecule has 0 aliphatic rings. The standard InChI is InChI=1S/C18H35NO4.C2H6.H2O/c1-7-15(20)17(3,4)9-13-23-18(5,6)10-12-22-14-11-19-16(21)8-2;1-2;/h7-14H2,1-6H3,(H,19,21);1-2H3;1H2. The van der Waals surface area contributed by atoms with Gasteiger partial charge in [0.25, 0.3) is 0 Å². The normalized spacial score (nSPS) is 11.1. The molecule has 0 heterocycles. The Hall–Kier alpha value is -0.980. The minimum atomic E-state index is -0.321. The van der Waals surface area contributed by atoms with Crippen molar-refractivity contribution in [2.75, 3.05) is 26.4 Å². The number of hydrogen-bond acceptors (Lipinski definition) is 4. The number of ether oxygens (including phenoxy) is 2. The first kappa shape index (κ1) is 29.8. The van der Waals surface area contributed by atoms with Crippen molar-refractivity contribution < 1.29 is 24.5 Å². The number of nitrogens with one attached hydrogen (secondary N) is 1. The Morgan fingerprint density at radius 2 is 1.46 bits per heavy atom. The van der Waals surface area contributed by atoms with Crippen LogP contribution in [0.5, 0.6) is 0 Å². The van der Waals surface area contributed by atoms with E-state index in [1.165, 1.54) is 0 Å². The molecule has 0 bridgehead atoms. The van der Waals surface area contributed by atoms with E-state index in [-0.39, 0.29) is 28.2 Å². The zero-order valence-electron chi connectivity index (χ0n) is 18.3. The van der Waals surface area contributed by atoms with Crippen LogP contribution in [0.3, 0.4) is 0 Å². The van der Waals surface area contributed by atoms with Gasteiger partial charge < -0.3 is 20.3 Å². The molecule has 0 aromatic rings. The van der Waals surface area contributed by atoms with Crippen molar-refractivity contribution in [2.45, 2.75) is 86.7 Å². The van der Waals surface area contributed by atoms with Crippen LogP contribution in [-0.2, 0) is 19.1 Å². The molecule has 0 saturated carbocycles. The van der Waals surface area contributed by atoms with Gasteiger partial charge in [-0.15, -0.1) is 0 Å². The molecule has 0 aromatic heterocycles. The van der Waals surface area contributed by atoms with Crippen LogP contribution in [-0.4, -0.2) is 49.1 Å². The smallest absolute Gasteiger partial charge is 0.219 e. The van der Waals surface area contributed by atoms with Crippen LogP contribution in [0.1, 0.15) is 81.1 Å². The topological polar surface area (TPSA) is 96.1 Å². The minimum absolute atomic E-state index is 0. The minimum Gasteiger partial charge on any atom is -0.412 e. The van der Waals surface area contributed by atoms with Crippen molar-refractivity contribution in [3.05, 3.63) is 0 Å². The van der Waals surface area contributed by atoms with E-state index >= 15 is 0 Å². The van der Waals surface area contributed by atoms with Gasteiger partial charge in [-0.1, -0.05) is 41.5 Å². The molecular weight excluding hydrogens is 334 g/mol. The van der Waals surface area contributed by atoms with E-state index < -0.39 is 0 Å². The van der Waals surface area contributed by atoms with Gasteiger partial charge in [-0.25, -0.2) is 0 Å². The Kier molecular flexibility index (Phi) is 18.6. The molecule has 6 nitrogen and oxygen atoms in total. The van der Waals surface area contributed by atoms with Gasteiger partial charge in [0.15, 0.2) is 0 Å². The van der Waals surface area contributed by atoms with Crippen molar-refractivity contribution >= 4 is 11.7 Å². The molecular formula is C20H43NO5. The van der Waals surface area contributed by atoms with E-state index in [1.807, 2.05) is 55.4 Å². The predicted molar refractivity (Wildman–Crippen MR) is 107 cm³/mol. The van der Waals surface area contributed by atoms with Crippen molar-refractivity contribution in [3.8, 4) is 0 Å². The average Bonchev–Trinajstić information content (AvgIpc) is 2.58. The third kappa shape index (κ3) is 15.3. The van der Waals surface area contributed by atoms with Crippen LogP contribution in [0.15, 0.2) is 0 Å². The monoisotopic (exact) mass is 377 g/mol. The number of amides is 1. The van der Waals surface area contributed by atoms with Crippen LogP contribution in [0, 0.1) is 5.41 Å². The van der Waals surface area contributed by atoms with Crippen LogP contribution >= 0.6 is 0 Å². The largest absolute Gasteiger partial charge is 0.412 e. The average molecular weight is 378 g/mol. The van der Waals surface area contributed by atoms with Gasteiger partial charge in [0.05, 0.1) is 12.2 Å². The number of Topliss-reactive ketones (excluding diaryl/α,β-unsaturated/α-hetero) is 1. The summed E-state index contributed by atoms with van der Waals surface area (Å²) in [6.07, 6.45) is 2.57. The van der Waals surface area contributed by atoms with Gasteiger partial charge in [-0.05, 0) is 26.7 Å². The van der Waals surface area contributed by atoms with Crippen LogP contribution in [0.4, 0.5) is 0 Å². The van der Waals surface area contributed by atoms with Crippen molar-refractivity contribution in [1.82, 2.24) is 5.32 Å². The third-order valence-electron chi connectivity index (χ3n) is 4.03. The molecule has 0 unspecified atom stereocenters. The third-order valence-corrected chi connectivity index (χ3v) is 4.03. The zero-order chi connectivity index (χ0) is 19.9. The first-order valence-corrected chi connectivity index (χ1v) is 9.66. The predicted octanol–water partition coefficient (Wildman–Crippen LogP) is 3.31. The lowest BCUT2D eigenvalue weighted by Crippen LogP contribution is -2.31. The molecule has 158 valence electrons. The molecule has 6 heteroatoms. The van der Waals surface area contributed by atoms with Gasteiger partial charge in [0.1, 0.15) is 5.78 Å². The van der Waals surface area contributed by atoms with E-state index in [0.717, 1.165) is 12.8 Å². The molecule has 0 aliphatic carbocycles.